The zero-order valence-electron chi connectivity index (χ0n) is 14.9. The van der Waals surface area contributed by atoms with E-state index >= 15 is 0 Å². The van der Waals surface area contributed by atoms with Crippen LogP contribution in [-0.4, -0.2) is 45.7 Å². The molecule has 3 heterocycles. The van der Waals surface area contributed by atoms with Gasteiger partial charge >= 0.3 is 0 Å². The van der Waals surface area contributed by atoms with Crippen molar-refractivity contribution in [1.82, 2.24) is 19.4 Å². The Balaban J connectivity index is 1.89. The van der Waals surface area contributed by atoms with Crippen LogP contribution in [0.15, 0.2) is 24.3 Å². The average molecular weight is 339 g/mol. The maximum absolute atomic E-state index is 6.25. The molecule has 3 aromatic rings. The van der Waals surface area contributed by atoms with E-state index in [0.717, 1.165) is 67.2 Å². The zero-order valence-corrected chi connectivity index (χ0v) is 14.9. The number of aromatic nitrogens is 3. The lowest BCUT2D eigenvalue weighted by Gasteiger charge is -2.26. The number of nitrogens with zero attached hydrogens (tertiary/aromatic N) is 4. The molecule has 0 atom stereocenters. The SMILES string of the molecule is CC(C)Cn1c(CN2CCOCC2)nc2c(N)nc3ccccc3c21. The Morgan fingerprint density at radius 2 is 1.92 bits per heavy atom. The van der Waals surface area contributed by atoms with E-state index in [4.69, 9.17) is 15.5 Å². The first-order chi connectivity index (χ1) is 12.1. The van der Waals surface area contributed by atoms with Crippen LogP contribution in [0.3, 0.4) is 0 Å². The first kappa shape index (κ1) is 16.3. The van der Waals surface area contributed by atoms with E-state index in [9.17, 15) is 0 Å². The van der Waals surface area contributed by atoms with E-state index in [1.165, 1.54) is 0 Å². The van der Waals surface area contributed by atoms with Gasteiger partial charge in [-0.1, -0.05) is 32.0 Å². The standard InChI is InChI=1S/C19H25N5O/c1-13(2)11-24-16(12-23-7-9-25-10-8-23)22-17-18(24)14-5-3-4-6-15(14)21-19(17)20/h3-6,13H,7-12H2,1-2H3,(H2,20,21). The van der Waals surface area contributed by atoms with Gasteiger partial charge in [0.15, 0.2) is 5.82 Å². The molecule has 0 saturated carbocycles. The van der Waals surface area contributed by atoms with Crippen molar-refractivity contribution in [3.05, 3.63) is 30.1 Å². The molecule has 0 aliphatic carbocycles. The van der Waals surface area contributed by atoms with E-state index in [2.05, 4.69) is 34.4 Å². The summed E-state index contributed by atoms with van der Waals surface area (Å²) in [5, 5.41) is 1.12. The quantitative estimate of drug-likeness (QED) is 0.791. The van der Waals surface area contributed by atoms with Crippen molar-refractivity contribution in [3.63, 3.8) is 0 Å². The number of morpholine rings is 1. The number of hydrogen-bond donors (Lipinski definition) is 1. The number of anilines is 1. The molecule has 0 amide bonds. The summed E-state index contributed by atoms with van der Waals surface area (Å²) < 4.78 is 7.81. The van der Waals surface area contributed by atoms with Gasteiger partial charge in [0.1, 0.15) is 11.3 Å². The minimum atomic E-state index is 0.513. The van der Waals surface area contributed by atoms with Crippen LogP contribution in [0, 0.1) is 5.92 Å². The minimum absolute atomic E-state index is 0.513. The minimum Gasteiger partial charge on any atom is -0.382 e. The van der Waals surface area contributed by atoms with E-state index < -0.39 is 0 Å². The molecule has 1 fully saturated rings. The van der Waals surface area contributed by atoms with Crippen molar-refractivity contribution >= 4 is 27.8 Å². The van der Waals surface area contributed by atoms with Crippen LogP contribution in [0.2, 0.25) is 0 Å². The third-order valence-electron chi connectivity index (χ3n) is 4.71. The van der Waals surface area contributed by atoms with Crippen LogP contribution < -0.4 is 5.73 Å². The number of nitrogens with two attached hydrogens (primary N) is 1. The summed E-state index contributed by atoms with van der Waals surface area (Å²) in [6.07, 6.45) is 0. The normalized spacial score (nSPS) is 16.3. The van der Waals surface area contributed by atoms with Crippen LogP contribution >= 0.6 is 0 Å². The van der Waals surface area contributed by atoms with Gasteiger partial charge in [-0.15, -0.1) is 0 Å². The molecule has 6 nitrogen and oxygen atoms in total. The van der Waals surface area contributed by atoms with Crippen LogP contribution in [0.5, 0.6) is 0 Å². The maximum atomic E-state index is 6.25. The highest BCUT2D eigenvalue weighted by Crippen LogP contribution is 2.29. The summed E-state index contributed by atoms with van der Waals surface area (Å²) in [5.41, 5.74) is 9.11. The number of nitrogen functional groups attached to an aromatic ring is 1. The fourth-order valence-corrected chi connectivity index (χ4v) is 3.55. The van der Waals surface area contributed by atoms with Gasteiger partial charge in [-0.25, -0.2) is 9.97 Å². The number of pyridine rings is 1. The lowest BCUT2D eigenvalue weighted by molar-refractivity contribution is 0.0326. The zero-order chi connectivity index (χ0) is 17.4. The third-order valence-corrected chi connectivity index (χ3v) is 4.71. The predicted octanol–water partition coefficient (Wildman–Crippen LogP) is 2.65. The van der Waals surface area contributed by atoms with E-state index in [-0.39, 0.29) is 0 Å². The summed E-state index contributed by atoms with van der Waals surface area (Å²) in [7, 11) is 0. The molecule has 25 heavy (non-hydrogen) atoms. The first-order valence-corrected chi connectivity index (χ1v) is 8.97. The number of fused-ring (bicyclic) bond motifs is 3. The summed E-state index contributed by atoms with van der Waals surface area (Å²) in [5.74, 6) is 2.10. The van der Waals surface area contributed by atoms with Gasteiger partial charge < -0.3 is 15.0 Å². The average Bonchev–Trinajstić information content (AvgIpc) is 2.95. The van der Waals surface area contributed by atoms with Crippen molar-refractivity contribution in [2.45, 2.75) is 26.9 Å². The molecule has 2 aromatic heterocycles. The molecule has 4 rings (SSSR count). The molecule has 0 spiro atoms. The highest BCUT2D eigenvalue weighted by Gasteiger charge is 2.20. The smallest absolute Gasteiger partial charge is 0.152 e. The van der Waals surface area contributed by atoms with Gasteiger partial charge in [0, 0.05) is 25.0 Å². The third kappa shape index (κ3) is 3.07. The number of imidazole rings is 1. The predicted molar refractivity (Wildman–Crippen MR) is 100 cm³/mol. The fraction of sp³-hybridized carbons (Fsp3) is 0.474. The Labute approximate surface area is 147 Å². The molecule has 6 heteroatoms. The number of rotatable bonds is 4. The summed E-state index contributed by atoms with van der Waals surface area (Å²) >= 11 is 0. The molecule has 0 radical (unpaired) electrons. The molecule has 132 valence electrons. The fourth-order valence-electron chi connectivity index (χ4n) is 3.55. The van der Waals surface area contributed by atoms with Crippen molar-refractivity contribution < 1.29 is 4.74 Å². The van der Waals surface area contributed by atoms with Crippen molar-refractivity contribution in [2.24, 2.45) is 5.92 Å². The first-order valence-electron chi connectivity index (χ1n) is 8.97. The monoisotopic (exact) mass is 339 g/mol. The Bertz CT molecular complexity index is 896. The van der Waals surface area contributed by atoms with Crippen molar-refractivity contribution in [3.8, 4) is 0 Å². The van der Waals surface area contributed by atoms with Gasteiger partial charge in [0.25, 0.3) is 0 Å². The van der Waals surface area contributed by atoms with Crippen LogP contribution in [0.4, 0.5) is 5.82 Å². The summed E-state index contributed by atoms with van der Waals surface area (Å²) in [6.45, 7) is 9.67. The maximum Gasteiger partial charge on any atom is 0.152 e. The van der Waals surface area contributed by atoms with Gasteiger partial charge in [-0.05, 0) is 12.0 Å². The Morgan fingerprint density at radius 1 is 1.16 bits per heavy atom. The van der Waals surface area contributed by atoms with Crippen molar-refractivity contribution in [1.29, 1.82) is 0 Å². The molecular weight excluding hydrogens is 314 g/mol. The molecule has 2 N–H and O–H groups in total. The summed E-state index contributed by atoms with van der Waals surface area (Å²) in [6, 6.07) is 8.17. The second kappa shape index (κ2) is 6.61. The van der Waals surface area contributed by atoms with Gasteiger partial charge in [0.05, 0.1) is 30.8 Å². The van der Waals surface area contributed by atoms with Crippen LogP contribution in [0.25, 0.3) is 21.9 Å². The Morgan fingerprint density at radius 3 is 2.68 bits per heavy atom. The highest BCUT2D eigenvalue weighted by molar-refractivity contribution is 6.06. The highest BCUT2D eigenvalue weighted by atomic mass is 16.5. The van der Waals surface area contributed by atoms with Crippen molar-refractivity contribution in [2.75, 3.05) is 32.0 Å². The van der Waals surface area contributed by atoms with E-state index in [1.807, 2.05) is 18.2 Å². The second-order valence-electron chi connectivity index (χ2n) is 7.13. The largest absolute Gasteiger partial charge is 0.382 e. The number of ether oxygens (including phenoxy) is 1. The van der Waals surface area contributed by atoms with Gasteiger partial charge in [-0.2, -0.15) is 0 Å². The lowest BCUT2D eigenvalue weighted by Crippen LogP contribution is -2.36. The number of para-hydroxylation sites is 1. The summed E-state index contributed by atoms with van der Waals surface area (Å²) in [4.78, 5) is 11.9. The molecule has 1 aliphatic heterocycles. The van der Waals surface area contributed by atoms with Gasteiger partial charge in [0.2, 0.25) is 0 Å². The molecule has 1 aliphatic rings. The molecule has 0 unspecified atom stereocenters. The topological polar surface area (TPSA) is 69.2 Å². The molecule has 1 aromatic carbocycles. The Kier molecular flexibility index (Phi) is 4.31. The molecule has 0 bridgehead atoms. The van der Waals surface area contributed by atoms with Crippen LogP contribution in [-0.2, 0) is 17.8 Å². The number of benzene rings is 1. The van der Waals surface area contributed by atoms with Gasteiger partial charge in [-0.3, -0.25) is 4.90 Å². The molecular formula is C19H25N5O. The number of hydrogen-bond acceptors (Lipinski definition) is 5. The molecule has 1 saturated heterocycles. The van der Waals surface area contributed by atoms with Crippen LogP contribution in [0.1, 0.15) is 19.7 Å². The Hall–Kier alpha value is -2.18. The lowest BCUT2D eigenvalue weighted by atomic mass is 10.1. The second-order valence-corrected chi connectivity index (χ2v) is 7.13. The van der Waals surface area contributed by atoms with E-state index in [0.29, 0.717) is 11.7 Å². The van der Waals surface area contributed by atoms with E-state index in [1.54, 1.807) is 0 Å².